The summed E-state index contributed by atoms with van der Waals surface area (Å²) in [5.74, 6) is 1.12. The molecule has 3 aromatic rings. The van der Waals surface area contributed by atoms with Gasteiger partial charge in [-0.15, -0.1) is 0 Å². The van der Waals surface area contributed by atoms with Crippen molar-refractivity contribution in [2.24, 2.45) is 0 Å². The normalized spacial score (nSPS) is 10.7. The Bertz CT molecular complexity index is 863. The number of carbonyl (C=O) groups excluding carboxylic acids is 1. The summed E-state index contributed by atoms with van der Waals surface area (Å²) < 4.78 is 5.60. The smallest absolute Gasteiger partial charge is 0.291 e. The molecule has 0 radical (unpaired) electrons. The second kappa shape index (κ2) is 7.62. The Morgan fingerprint density at radius 1 is 1.36 bits per heavy atom. The topological polar surface area (TPSA) is 87.0 Å². The Labute approximate surface area is 153 Å². The number of hydrogen-bond acceptors (Lipinski definition) is 6. The first kappa shape index (κ1) is 17.4. The number of halogens is 1. The fourth-order valence-electron chi connectivity index (χ4n) is 2.16. The summed E-state index contributed by atoms with van der Waals surface area (Å²) in [7, 11) is 3.79. The summed E-state index contributed by atoms with van der Waals surface area (Å²) in [4.78, 5) is 18.4. The van der Waals surface area contributed by atoms with Crippen LogP contribution in [0.15, 0.2) is 46.2 Å². The summed E-state index contributed by atoms with van der Waals surface area (Å²) in [5.41, 5.74) is 1.47. The molecule has 0 saturated heterocycles. The summed E-state index contributed by atoms with van der Waals surface area (Å²) in [6.07, 6.45) is 1.44. The van der Waals surface area contributed by atoms with Gasteiger partial charge in [0.2, 0.25) is 0 Å². The van der Waals surface area contributed by atoms with E-state index in [1.165, 1.54) is 18.1 Å². The summed E-state index contributed by atoms with van der Waals surface area (Å²) >= 11 is 7.47. The third-order valence-electron chi connectivity index (χ3n) is 3.32. The lowest BCUT2D eigenvalue weighted by molar-refractivity contribution is 0.0995. The first-order valence-electron chi connectivity index (χ1n) is 7.38. The molecule has 0 atom stereocenters. The number of rotatable bonds is 6. The summed E-state index contributed by atoms with van der Waals surface area (Å²) in [6, 6.07) is 8.74. The van der Waals surface area contributed by atoms with Gasteiger partial charge >= 0.3 is 0 Å². The van der Waals surface area contributed by atoms with E-state index in [0.717, 1.165) is 5.69 Å². The van der Waals surface area contributed by atoms with Crippen molar-refractivity contribution < 1.29 is 9.21 Å². The van der Waals surface area contributed by atoms with Crippen LogP contribution >= 0.6 is 23.4 Å². The number of amides is 1. The lowest BCUT2D eigenvalue weighted by Crippen LogP contribution is -2.16. The van der Waals surface area contributed by atoms with Gasteiger partial charge in [-0.3, -0.25) is 9.89 Å². The molecule has 0 spiro atoms. The van der Waals surface area contributed by atoms with Crippen molar-refractivity contribution in [1.29, 1.82) is 0 Å². The zero-order chi connectivity index (χ0) is 17.8. The predicted molar refractivity (Wildman–Crippen MR) is 98.4 cm³/mol. The fraction of sp³-hybridized carbons (Fsp3) is 0.188. The molecule has 0 bridgehead atoms. The van der Waals surface area contributed by atoms with Crippen LogP contribution in [0.25, 0.3) is 0 Å². The number of H-pyrrole nitrogens is 1. The molecule has 0 aliphatic rings. The number of carbonyl (C=O) groups is 1. The molecule has 0 aliphatic heterocycles. The molecule has 0 saturated carbocycles. The largest absolute Gasteiger partial charge is 0.455 e. The van der Waals surface area contributed by atoms with Crippen LogP contribution in [0, 0.1) is 0 Å². The minimum atomic E-state index is -0.332. The monoisotopic (exact) mass is 377 g/mol. The van der Waals surface area contributed by atoms with Crippen LogP contribution in [0.5, 0.6) is 0 Å². The molecule has 1 aromatic carbocycles. The van der Waals surface area contributed by atoms with E-state index in [0.29, 0.717) is 27.4 Å². The molecule has 130 valence electrons. The molecule has 2 heterocycles. The second-order valence-corrected chi connectivity index (χ2v) is 6.76. The average molecular weight is 378 g/mol. The van der Waals surface area contributed by atoms with Crippen molar-refractivity contribution >= 4 is 40.6 Å². The number of benzene rings is 1. The zero-order valence-corrected chi connectivity index (χ0v) is 15.2. The van der Waals surface area contributed by atoms with Crippen LogP contribution in [0.4, 0.5) is 11.4 Å². The molecule has 25 heavy (non-hydrogen) atoms. The number of anilines is 2. The maximum absolute atomic E-state index is 12.4. The van der Waals surface area contributed by atoms with Crippen LogP contribution < -0.4 is 10.2 Å². The highest BCUT2D eigenvalue weighted by atomic mass is 35.5. The number of hydrogen-bond donors (Lipinski definition) is 2. The van der Waals surface area contributed by atoms with Crippen LogP contribution in [0.2, 0.25) is 5.02 Å². The van der Waals surface area contributed by atoms with Gasteiger partial charge in [0, 0.05) is 19.1 Å². The van der Waals surface area contributed by atoms with Crippen LogP contribution in [-0.4, -0.2) is 35.2 Å². The van der Waals surface area contributed by atoms with Crippen molar-refractivity contribution in [2.75, 3.05) is 24.3 Å². The van der Waals surface area contributed by atoms with E-state index in [1.807, 2.05) is 25.1 Å². The van der Waals surface area contributed by atoms with Crippen molar-refractivity contribution in [3.8, 4) is 0 Å². The van der Waals surface area contributed by atoms with Gasteiger partial charge < -0.3 is 14.6 Å². The van der Waals surface area contributed by atoms with Gasteiger partial charge in [-0.1, -0.05) is 23.4 Å². The van der Waals surface area contributed by atoms with Gasteiger partial charge in [-0.2, -0.15) is 5.10 Å². The fourth-order valence-corrected chi connectivity index (χ4v) is 3.01. The molecule has 0 unspecified atom stereocenters. The number of furan rings is 1. The molecule has 2 aromatic heterocycles. The minimum Gasteiger partial charge on any atom is -0.455 e. The predicted octanol–water partition coefficient (Wildman–Crippen LogP) is 3.66. The maximum Gasteiger partial charge on any atom is 0.291 e. The highest BCUT2D eigenvalue weighted by molar-refractivity contribution is 7.98. The van der Waals surface area contributed by atoms with Gasteiger partial charge in [0.25, 0.3) is 5.91 Å². The van der Waals surface area contributed by atoms with E-state index in [1.54, 1.807) is 24.3 Å². The molecule has 9 heteroatoms. The Balaban J connectivity index is 1.69. The number of aromatic amines is 1. The van der Waals surface area contributed by atoms with Gasteiger partial charge in [0.1, 0.15) is 12.1 Å². The SMILES string of the molecule is CN(C)c1ccc(Cl)cc1NC(=O)c1ccc(CSc2ncn[nH]2)o1. The Hall–Kier alpha value is -2.45. The molecule has 1 amide bonds. The van der Waals surface area contributed by atoms with E-state index in [9.17, 15) is 4.79 Å². The Morgan fingerprint density at radius 2 is 2.20 bits per heavy atom. The van der Waals surface area contributed by atoms with Crippen molar-refractivity contribution in [3.05, 3.63) is 53.2 Å². The van der Waals surface area contributed by atoms with Crippen molar-refractivity contribution in [3.63, 3.8) is 0 Å². The van der Waals surface area contributed by atoms with Gasteiger partial charge in [-0.25, -0.2) is 4.98 Å². The average Bonchev–Trinajstić information content (AvgIpc) is 3.24. The van der Waals surface area contributed by atoms with E-state index in [2.05, 4.69) is 20.5 Å². The minimum absolute atomic E-state index is 0.234. The van der Waals surface area contributed by atoms with Gasteiger partial charge in [0.15, 0.2) is 10.9 Å². The zero-order valence-electron chi connectivity index (χ0n) is 13.6. The number of nitrogens with one attached hydrogen (secondary N) is 2. The standard InChI is InChI=1S/C16H16ClN5O2S/c1-22(2)13-5-3-10(17)7-12(13)20-15(23)14-6-4-11(24-14)8-25-16-18-9-19-21-16/h3-7,9H,8H2,1-2H3,(H,20,23)(H,18,19,21). The Kier molecular flexibility index (Phi) is 5.30. The molecule has 3 rings (SSSR count). The summed E-state index contributed by atoms with van der Waals surface area (Å²) in [6.45, 7) is 0. The molecule has 7 nitrogen and oxygen atoms in total. The first-order valence-corrected chi connectivity index (χ1v) is 8.74. The number of aromatic nitrogens is 3. The van der Waals surface area contributed by atoms with Crippen molar-refractivity contribution in [1.82, 2.24) is 15.2 Å². The third-order valence-corrected chi connectivity index (χ3v) is 4.45. The molecule has 0 fully saturated rings. The quantitative estimate of drug-likeness (QED) is 0.637. The molecule has 0 aliphatic carbocycles. The molecular formula is C16H16ClN5O2S. The molecular weight excluding hydrogens is 362 g/mol. The van der Waals surface area contributed by atoms with E-state index < -0.39 is 0 Å². The van der Waals surface area contributed by atoms with E-state index in [-0.39, 0.29) is 11.7 Å². The number of thioether (sulfide) groups is 1. The van der Waals surface area contributed by atoms with Crippen molar-refractivity contribution in [2.45, 2.75) is 10.9 Å². The van der Waals surface area contributed by atoms with Crippen LogP contribution in [-0.2, 0) is 5.75 Å². The van der Waals surface area contributed by atoms with Crippen LogP contribution in [0.1, 0.15) is 16.3 Å². The van der Waals surface area contributed by atoms with Gasteiger partial charge in [0.05, 0.1) is 17.1 Å². The Morgan fingerprint density at radius 3 is 2.92 bits per heavy atom. The van der Waals surface area contributed by atoms with Crippen LogP contribution in [0.3, 0.4) is 0 Å². The number of nitrogens with zero attached hydrogens (tertiary/aromatic N) is 3. The lowest BCUT2D eigenvalue weighted by Gasteiger charge is -2.17. The lowest BCUT2D eigenvalue weighted by atomic mass is 10.2. The highest BCUT2D eigenvalue weighted by Crippen LogP contribution is 2.28. The molecule has 2 N–H and O–H groups in total. The maximum atomic E-state index is 12.4. The van der Waals surface area contributed by atoms with E-state index in [4.69, 9.17) is 16.0 Å². The summed E-state index contributed by atoms with van der Waals surface area (Å²) in [5, 5.41) is 10.6. The van der Waals surface area contributed by atoms with Gasteiger partial charge in [-0.05, 0) is 30.3 Å². The second-order valence-electron chi connectivity index (χ2n) is 5.36. The first-order chi connectivity index (χ1) is 12.0. The third kappa shape index (κ3) is 4.34. The highest BCUT2D eigenvalue weighted by Gasteiger charge is 2.15. The van der Waals surface area contributed by atoms with E-state index >= 15 is 0 Å².